The molecule has 4 nitrogen and oxygen atoms in total. The summed E-state index contributed by atoms with van der Waals surface area (Å²) in [4.78, 5) is 19.9. The van der Waals surface area contributed by atoms with Crippen molar-refractivity contribution in [1.82, 2.24) is 0 Å². The van der Waals surface area contributed by atoms with Crippen molar-refractivity contribution in [2.24, 2.45) is 10.1 Å². The summed E-state index contributed by atoms with van der Waals surface area (Å²) < 4.78 is 2.77. The highest BCUT2D eigenvalue weighted by molar-refractivity contribution is 7.47. The van der Waals surface area contributed by atoms with E-state index in [1.165, 1.54) is 0 Å². The van der Waals surface area contributed by atoms with Gasteiger partial charge in [0.15, 0.2) is 0 Å². The van der Waals surface area contributed by atoms with Crippen molar-refractivity contribution in [2.45, 2.75) is 6.42 Å². The van der Waals surface area contributed by atoms with Gasteiger partial charge in [0.1, 0.15) is 6.42 Å². The van der Waals surface area contributed by atoms with Crippen LogP contribution in [0.2, 0.25) is 0 Å². The van der Waals surface area contributed by atoms with Gasteiger partial charge in [-0.05, 0) is 0 Å². The van der Waals surface area contributed by atoms with Crippen molar-refractivity contribution >= 4 is 24.2 Å². The molecular weight excluding hydrogens is 128 g/mol. The van der Waals surface area contributed by atoms with E-state index >= 15 is 0 Å². The molecule has 2 N–H and O–H groups in total. The molecule has 2 amide bonds. The van der Waals surface area contributed by atoms with E-state index in [4.69, 9.17) is 0 Å². The maximum absolute atomic E-state index is 10.1. The van der Waals surface area contributed by atoms with Gasteiger partial charge in [0.25, 0.3) is 5.91 Å². The average molecular weight is 132 g/mol. The van der Waals surface area contributed by atoms with Crippen molar-refractivity contribution in [2.75, 3.05) is 0 Å². The summed E-state index contributed by atoms with van der Waals surface area (Å²) in [5, 5.41) is 0. The molecule has 0 rings (SSSR count). The van der Waals surface area contributed by atoms with Crippen molar-refractivity contribution in [1.29, 1.82) is 0 Å². The van der Waals surface area contributed by atoms with Gasteiger partial charge in [-0.2, -0.15) is 0 Å². The van der Waals surface area contributed by atoms with E-state index in [9.17, 15) is 9.59 Å². The number of hydrogen-bond donors (Lipinski definition) is 1. The fraction of sp³-hybridized carbons (Fsp3) is 0.333. The molecule has 5 heteroatoms. The monoisotopic (exact) mass is 132 g/mol. The van der Waals surface area contributed by atoms with Crippen LogP contribution in [0.25, 0.3) is 0 Å². The first kappa shape index (κ1) is 7.16. The first-order valence-corrected chi connectivity index (χ1v) is 2.18. The van der Waals surface area contributed by atoms with Crippen LogP contribution in [0.15, 0.2) is 4.36 Å². The van der Waals surface area contributed by atoms with Crippen LogP contribution >= 0.6 is 0 Å². The van der Waals surface area contributed by atoms with Crippen LogP contribution in [0.5, 0.6) is 0 Å². The summed E-state index contributed by atoms with van der Waals surface area (Å²) in [5.41, 5.74) is 4.60. The van der Waals surface area contributed by atoms with Gasteiger partial charge >= 0.3 is 0 Å². The van der Waals surface area contributed by atoms with Crippen molar-refractivity contribution in [3.8, 4) is 0 Å². The lowest BCUT2D eigenvalue weighted by atomic mass is 10.4. The number of hydrogen-bond acceptors (Lipinski definition) is 3. The molecule has 0 bridgehead atoms. The maximum Gasteiger partial charge on any atom is 0.266 e. The van der Waals surface area contributed by atoms with Crippen LogP contribution in [-0.4, -0.2) is 11.8 Å². The molecule has 0 aliphatic carbocycles. The van der Waals surface area contributed by atoms with Crippen LogP contribution in [0.1, 0.15) is 6.42 Å². The standard InChI is InChI=1S/C3H4N2O2S/c4-2(6)1-3(7)5-8/h1H2,(H2,4,6). The molecule has 0 atom stereocenters. The van der Waals surface area contributed by atoms with Gasteiger partial charge in [-0.25, -0.2) is 0 Å². The smallest absolute Gasteiger partial charge is 0.266 e. The van der Waals surface area contributed by atoms with Crippen molar-refractivity contribution in [3.05, 3.63) is 0 Å². The summed E-state index contributed by atoms with van der Waals surface area (Å²) in [6.45, 7) is 0. The van der Waals surface area contributed by atoms with Gasteiger partial charge in [-0.3, -0.25) is 9.59 Å². The highest BCUT2D eigenvalue weighted by Crippen LogP contribution is 1.79. The molecule has 0 heterocycles. The number of nitrogens with zero attached hydrogens (tertiary/aromatic N) is 1. The number of nitrogens with two attached hydrogens (primary N) is 1. The topological polar surface area (TPSA) is 72.5 Å². The summed E-state index contributed by atoms with van der Waals surface area (Å²) in [5.74, 6) is -1.36. The van der Waals surface area contributed by atoms with E-state index in [0.29, 0.717) is 0 Å². The molecule has 0 saturated carbocycles. The summed E-state index contributed by atoms with van der Waals surface area (Å²) >= 11 is 3.96. The van der Waals surface area contributed by atoms with E-state index in [2.05, 4.69) is 22.5 Å². The fourth-order valence-electron chi connectivity index (χ4n) is 0.181. The van der Waals surface area contributed by atoms with Crippen molar-refractivity contribution in [3.63, 3.8) is 0 Å². The third-order valence-electron chi connectivity index (χ3n) is 0.427. The zero-order valence-corrected chi connectivity index (χ0v) is 4.77. The second kappa shape index (κ2) is 3.20. The third kappa shape index (κ3) is 3.35. The molecule has 44 valence electrons. The molecule has 8 heavy (non-hydrogen) atoms. The minimum atomic E-state index is -0.705. The van der Waals surface area contributed by atoms with Gasteiger partial charge in [-0.15, -0.1) is 4.36 Å². The van der Waals surface area contributed by atoms with Crippen LogP contribution in [0.4, 0.5) is 0 Å². The van der Waals surface area contributed by atoms with Crippen LogP contribution in [0.3, 0.4) is 0 Å². The Labute approximate surface area is 51.2 Å². The second-order valence-electron chi connectivity index (χ2n) is 1.13. The van der Waals surface area contributed by atoms with E-state index in [1.54, 1.807) is 0 Å². The highest BCUT2D eigenvalue weighted by atomic mass is 32.1. The Morgan fingerprint density at radius 3 is 2.25 bits per heavy atom. The summed E-state index contributed by atoms with van der Waals surface area (Å²) in [7, 11) is 0. The fourth-order valence-corrected chi connectivity index (χ4v) is 0.246. The summed E-state index contributed by atoms with van der Waals surface area (Å²) in [6.07, 6.45) is -0.385. The molecule has 0 saturated heterocycles. The molecule has 0 aromatic rings. The zero-order chi connectivity index (χ0) is 6.57. The van der Waals surface area contributed by atoms with Gasteiger partial charge in [0, 0.05) is 12.4 Å². The zero-order valence-electron chi connectivity index (χ0n) is 3.96. The lowest BCUT2D eigenvalue weighted by Crippen LogP contribution is -2.14. The van der Waals surface area contributed by atoms with Gasteiger partial charge in [-0.1, -0.05) is 0 Å². The minimum Gasteiger partial charge on any atom is -0.369 e. The number of carbonyl (C=O) groups excluding carboxylic acids is 2. The number of carbonyl (C=O) groups is 2. The molecular formula is C3H4N2O2S. The lowest BCUT2D eigenvalue weighted by Gasteiger charge is -1.82. The van der Waals surface area contributed by atoms with E-state index in [1.807, 2.05) is 0 Å². The highest BCUT2D eigenvalue weighted by Gasteiger charge is 2.01. The van der Waals surface area contributed by atoms with Gasteiger partial charge in [0.05, 0.1) is 0 Å². The van der Waals surface area contributed by atoms with Gasteiger partial charge < -0.3 is 5.73 Å². The predicted octanol–water partition coefficient (Wildman–Crippen LogP) is -0.881. The van der Waals surface area contributed by atoms with Crippen molar-refractivity contribution < 1.29 is 9.59 Å². The molecule has 0 aromatic carbocycles. The van der Waals surface area contributed by atoms with E-state index < -0.39 is 11.8 Å². The largest absolute Gasteiger partial charge is 0.369 e. The normalized spacial score (nSPS) is 8.00. The Morgan fingerprint density at radius 1 is 1.62 bits per heavy atom. The minimum absolute atomic E-state index is 0.385. The number of primary amides is 1. The van der Waals surface area contributed by atoms with Crippen LogP contribution in [0, 0.1) is 0 Å². The molecule has 0 fully saturated rings. The van der Waals surface area contributed by atoms with Gasteiger partial charge in [0.2, 0.25) is 5.91 Å². The average Bonchev–Trinajstić information content (AvgIpc) is 1.65. The molecule has 0 spiro atoms. The molecule has 0 aliphatic rings. The Morgan fingerprint density at radius 2 is 2.12 bits per heavy atom. The molecule has 0 aromatic heterocycles. The molecule has 0 unspecified atom stereocenters. The van der Waals surface area contributed by atoms with E-state index in [-0.39, 0.29) is 6.42 Å². The SMILES string of the molecule is NC(=O)CC(=O)N=S. The first-order valence-electron chi connectivity index (χ1n) is 1.81. The molecule has 0 radical (unpaired) electrons. The lowest BCUT2D eigenvalue weighted by molar-refractivity contribution is -0.125. The number of rotatable bonds is 2. The quantitative estimate of drug-likeness (QED) is 0.496. The Bertz CT molecular complexity index is 133. The van der Waals surface area contributed by atoms with E-state index in [0.717, 1.165) is 0 Å². The number of amides is 2. The second-order valence-corrected chi connectivity index (χ2v) is 1.31. The van der Waals surface area contributed by atoms with Crippen LogP contribution < -0.4 is 5.73 Å². The third-order valence-corrected chi connectivity index (χ3v) is 0.631. The summed E-state index contributed by atoms with van der Waals surface area (Å²) in [6, 6.07) is 0. The van der Waals surface area contributed by atoms with Crippen LogP contribution in [-0.2, 0) is 22.0 Å². The Hall–Kier alpha value is -0.840. The Kier molecular flexibility index (Phi) is 2.86. The first-order chi connectivity index (χ1) is 3.66. The maximum atomic E-state index is 10.1. The predicted molar refractivity (Wildman–Crippen MR) is 28.6 cm³/mol. The Balaban J connectivity index is 3.55. The molecule has 0 aliphatic heterocycles.